The first-order valence-corrected chi connectivity index (χ1v) is 5.90. The maximum Gasteiger partial charge on any atom is 0.255 e. The van der Waals surface area contributed by atoms with Crippen molar-refractivity contribution >= 4 is 5.91 Å². The molecule has 6 nitrogen and oxygen atoms in total. The Kier molecular flexibility index (Phi) is 5.95. The molecule has 0 spiro atoms. The molecule has 0 aliphatic carbocycles. The second-order valence-electron chi connectivity index (χ2n) is 3.77. The van der Waals surface area contributed by atoms with Crippen LogP contribution in [0.4, 0.5) is 0 Å². The van der Waals surface area contributed by atoms with E-state index in [1.165, 1.54) is 21.3 Å². The molecule has 0 fully saturated rings. The molecule has 0 unspecified atom stereocenters. The fourth-order valence-electron chi connectivity index (χ4n) is 1.60. The van der Waals surface area contributed by atoms with Crippen molar-refractivity contribution in [3.8, 4) is 17.2 Å². The smallest absolute Gasteiger partial charge is 0.255 e. The Morgan fingerprint density at radius 2 is 1.58 bits per heavy atom. The van der Waals surface area contributed by atoms with Gasteiger partial charge in [-0.15, -0.1) is 0 Å². The number of methoxy groups -OCH3 is 3. The molecule has 0 radical (unpaired) electrons. The quantitative estimate of drug-likeness (QED) is 0.711. The highest BCUT2D eigenvalue weighted by atomic mass is 16.5. The van der Waals surface area contributed by atoms with Crippen molar-refractivity contribution in [3.63, 3.8) is 0 Å². The average Bonchev–Trinajstić information content (AvgIpc) is 2.45. The highest BCUT2D eigenvalue weighted by Crippen LogP contribution is 2.34. The van der Waals surface area contributed by atoms with Gasteiger partial charge >= 0.3 is 0 Å². The lowest BCUT2D eigenvalue weighted by atomic mass is 10.1. The monoisotopic (exact) mass is 268 g/mol. The second-order valence-corrected chi connectivity index (χ2v) is 3.77. The van der Waals surface area contributed by atoms with Gasteiger partial charge in [0.15, 0.2) is 11.5 Å². The molecule has 19 heavy (non-hydrogen) atoms. The molecule has 0 saturated heterocycles. The van der Waals surface area contributed by atoms with Crippen LogP contribution in [0, 0.1) is 0 Å². The van der Waals surface area contributed by atoms with Crippen LogP contribution in [0.1, 0.15) is 10.4 Å². The normalized spacial score (nSPS) is 9.89. The zero-order chi connectivity index (χ0) is 14.3. The molecule has 0 bridgehead atoms. The average molecular weight is 268 g/mol. The van der Waals surface area contributed by atoms with Crippen LogP contribution >= 0.6 is 0 Å². The van der Waals surface area contributed by atoms with Crippen molar-refractivity contribution in [1.82, 2.24) is 10.6 Å². The van der Waals surface area contributed by atoms with Gasteiger partial charge in [0.2, 0.25) is 0 Å². The van der Waals surface area contributed by atoms with E-state index in [1.54, 1.807) is 12.1 Å². The molecular weight excluding hydrogens is 248 g/mol. The number of likely N-dealkylation sites (N-methyl/N-ethyl adjacent to an activating group) is 1. The SMILES string of the molecule is CNCCNC(=O)c1cc(OC)c(OC)cc1OC. The number of benzene rings is 1. The molecule has 1 amide bonds. The van der Waals surface area contributed by atoms with E-state index in [1.807, 2.05) is 7.05 Å². The lowest BCUT2D eigenvalue weighted by Crippen LogP contribution is -2.30. The largest absolute Gasteiger partial charge is 0.496 e. The Labute approximate surface area is 113 Å². The highest BCUT2D eigenvalue weighted by molar-refractivity contribution is 5.97. The van der Waals surface area contributed by atoms with E-state index in [2.05, 4.69) is 10.6 Å². The lowest BCUT2D eigenvalue weighted by molar-refractivity contribution is 0.0950. The summed E-state index contributed by atoms with van der Waals surface area (Å²) in [5.74, 6) is 1.24. The number of amides is 1. The fourth-order valence-corrected chi connectivity index (χ4v) is 1.60. The first kappa shape index (κ1) is 15.1. The molecule has 6 heteroatoms. The minimum absolute atomic E-state index is 0.215. The van der Waals surface area contributed by atoms with Gasteiger partial charge < -0.3 is 24.8 Å². The number of hydrogen-bond donors (Lipinski definition) is 2. The van der Waals surface area contributed by atoms with Crippen LogP contribution in [-0.4, -0.2) is 47.4 Å². The van der Waals surface area contributed by atoms with Crippen LogP contribution in [0.3, 0.4) is 0 Å². The Bertz CT molecular complexity index is 435. The third-order valence-electron chi connectivity index (χ3n) is 2.61. The predicted octanol–water partition coefficient (Wildman–Crippen LogP) is 0.662. The molecule has 2 N–H and O–H groups in total. The standard InChI is InChI=1S/C13H20N2O4/c1-14-5-6-15-13(16)9-7-11(18-3)12(19-4)8-10(9)17-2/h7-8,14H,5-6H2,1-4H3,(H,15,16). The number of hydrogen-bond acceptors (Lipinski definition) is 5. The molecule has 0 atom stereocenters. The van der Waals surface area contributed by atoms with Crippen molar-refractivity contribution < 1.29 is 19.0 Å². The van der Waals surface area contributed by atoms with Gasteiger partial charge in [0.05, 0.1) is 26.9 Å². The summed E-state index contributed by atoms with van der Waals surface area (Å²) < 4.78 is 15.5. The van der Waals surface area contributed by atoms with Crippen LogP contribution < -0.4 is 24.8 Å². The molecule has 1 rings (SSSR count). The van der Waals surface area contributed by atoms with Crippen LogP contribution in [0.5, 0.6) is 17.2 Å². The number of rotatable bonds is 7. The topological polar surface area (TPSA) is 68.8 Å². The maximum atomic E-state index is 12.1. The summed E-state index contributed by atoms with van der Waals surface area (Å²) in [5, 5.41) is 5.74. The predicted molar refractivity (Wildman–Crippen MR) is 72.4 cm³/mol. The molecule has 0 heterocycles. The van der Waals surface area contributed by atoms with E-state index in [-0.39, 0.29) is 5.91 Å². The lowest BCUT2D eigenvalue weighted by Gasteiger charge is -2.14. The van der Waals surface area contributed by atoms with Gasteiger partial charge in [0.1, 0.15) is 5.75 Å². The number of carbonyl (C=O) groups excluding carboxylic acids is 1. The van der Waals surface area contributed by atoms with Crippen molar-refractivity contribution in [2.45, 2.75) is 0 Å². The van der Waals surface area contributed by atoms with Crippen LogP contribution in [0.15, 0.2) is 12.1 Å². The number of ether oxygens (including phenoxy) is 3. The summed E-state index contributed by atoms with van der Waals surface area (Å²) in [4.78, 5) is 12.1. The van der Waals surface area contributed by atoms with E-state index in [4.69, 9.17) is 14.2 Å². The van der Waals surface area contributed by atoms with Gasteiger partial charge in [0, 0.05) is 25.2 Å². The van der Waals surface area contributed by atoms with Crippen LogP contribution in [0.25, 0.3) is 0 Å². The van der Waals surface area contributed by atoms with Gasteiger partial charge in [-0.25, -0.2) is 0 Å². The zero-order valence-electron chi connectivity index (χ0n) is 11.7. The van der Waals surface area contributed by atoms with E-state index < -0.39 is 0 Å². The van der Waals surface area contributed by atoms with Crippen molar-refractivity contribution in [2.75, 3.05) is 41.5 Å². The Hall–Kier alpha value is -1.95. The molecule has 1 aromatic rings. The molecule has 106 valence electrons. The van der Waals surface area contributed by atoms with Gasteiger partial charge in [0.25, 0.3) is 5.91 Å². The first-order valence-electron chi connectivity index (χ1n) is 5.90. The summed E-state index contributed by atoms with van der Waals surface area (Å²) >= 11 is 0. The summed E-state index contributed by atoms with van der Waals surface area (Å²) in [5.41, 5.74) is 0.413. The van der Waals surface area contributed by atoms with Crippen molar-refractivity contribution in [1.29, 1.82) is 0 Å². The van der Waals surface area contributed by atoms with Gasteiger partial charge in [-0.3, -0.25) is 4.79 Å². The van der Waals surface area contributed by atoms with Crippen molar-refractivity contribution in [3.05, 3.63) is 17.7 Å². The van der Waals surface area contributed by atoms with Crippen molar-refractivity contribution in [2.24, 2.45) is 0 Å². The fraction of sp³-hybridized carbons (Fsp3) is 0.462. The van der Waals surface area contributed by atoms with E-state index >= 15 is 0 Å². The van der Waals surface area contributed by atoms with E-state index in [0.717, 1.165) is 0 Å². The number of nitrogens with one attached hydrogen (secondary N) is 2. The molecule has 0 aromatic heterocycles. The summed E-state index contributed by atoms with van der Waals surface area (Å²) in [7, 11) is 6.38. The van der Waals surface area contributed by atoms with E-state index in [9.17, 15) is 4.79 Å². The van der Waals surface area contributed by atoms with Gasteiger partial charge in [-0.2, -0.15) is 0 Å². The van der Waals surface area contributed by atoms with Crippen LogP contribution in [-0.2, 0) is 0 Å². The molecule has 0 saturated carbocycles. The van der Waals surface area contributed by atoms with Crippen LogP contribution in [0.2, 0.25) is 0 Å². The molecule has 0 aliphatic heterocycles. The third kappa shape index (κ3) is 3.75. The summed E-state index contributed by atoms with van der Waals surface area (Å²) in [6.45, 7) is 1.23. The Morgan fingerprint density at radius 1 is 1.00 bits per heavy atom. The molecule has 0 aliphatic rings. The Balaban J connectivity index is 3.00. The zero-order valence-corrected chi connectivity index (χ0v) is 11.7. The summed E-state index contributed by atoms with van der Waals surface area (Å²) in [6, 6.07) is 3.23. The highest BCUT2D eigenvalue weighted by Gasteiger charge is 2.17. The van der Waals surface area contributed by atoms with Gasteiger partial charge in [-0.1, -0.05) is 0 Å². The minimum atomic E-state index is -0.215. The maximum absolute atomic E-state index is 12.1. The molecule has 1 aromatic carbocycles. The molecular formula is C13H20N2O4. The first-order chi connectivity index (χ1) is 9.17. The Morgan fingerprint density at radius 3 is 2.11 bits per heavy atom. The van der Waals surface area contributed by atoms with Gasteiger partial charge in [-0.05, 0) is 7.05 Å². The minimum Gasteiger partial charge on any atom is -0.496 e. The third-order valence-corrected chi connectivity index (χ3v) is 2.61. The summed E-state index contributed by atoms with van der Waals surface area (Å²) in [6.07, 6.45) is 0. The van der Waals surface area contributed by atoms with E-state index in [0.29, 0.717) is 35.9 Å². The second kappa shape index (κ2) is 7.48. The number of carbonyl (C=O) groups is 1.